The average Bonchev–Trinajstić information content (AvgIpc) is 2.97. The molecule has 0 N–H and O–H groups in total. The molecule has 1 aliphatic heterocycles. The number of nitro benzene ring substituents is 1. The van der Waals surface area contributed by atoms with Crippen LogP contribution in [0.3, 0.4) is 0 Å². The third-order valence-corrected chi connectivity index (χ3v) is 5.80. The van der Waals surface area contributed by atoms with Crippen molar-refractivity contribution >= 4 is 17.6 Å². The second-order valence-corrected chi connectivity index (χ2v) is 7.05. The molecule has 4 nitrogen and oxygen atoms in total. The molecule has 2 aromatic rings. The van der Waals surface area contributed by atoms with Crippen LogP contribution in [0.4, 0.5) is 11.4 Å². The van der Waals surface area contributed by atoms with E-state index in [1.54, 1.807) is 18.2 Å². The molecule has 24 heavy (non-hydrogen) atoms. The van der Waals surface area contributed by atoms with E-state index in [-0.39, 0.29) is 16.0 Å². The van der Waals surface area contributed by atoms with Crippen LogP contribution < -0.4 is 0 Å². The summed E-state index contributed by atoms with van der Waals surface area (Å²) >= 11 is 0. The Kier molecular flexibility index (Phi) is 3.48. The SMILES string of the molecule is CC1CCC(c2cccc([N+](=O)[O-])c2)CC12C=Nc1ccccc12. The van der Waals surface area contributed by atoms with E-state index >= 15 is 0 Å². The Morgan fingerprint density at radius 1 is 1.17 bits per heavy atom. The number of fused-ring (bicyclic) bond motifs is 2. The van der Waals surface area contributed by atoms with Crippen LogP contribution in [0.25, 0.3) is 0 Å². The van der Waals surface area contributed by atoms with Gasteiger partial charge in [-0.25, -0.2) is 0 Å². The van der Waals surface area contributed by atoms with Crippen molar-refractivity contribution in [1.82, 2.24) is 0 Å². The monoisotopic (exact) mass is 320 g/mol. The first-order valence-electron chi connectivity index (χ1n) is 8.49. The number of hydrogen-bond donors (Lipinski definition) is 0. The molecule has 4 rings (SSSR count). The van der Waals surface area contributed by atoms with Gasteiger partial charge in [0.2, 0.25) is 0 Å². The van der Waals surface area contributed by atoms with Gasteiger partial charge in [0, 0.05) is 23.8 Å². The van der Waals surface area contributed by atoms with Gasteiger partial charge >= 0.3 is 0 Å². The zero-order valence-corrected chi connectivity index (χ0v) is 13.7. The van der Waals surface area contributed by atoms with E-state index in [4.69, 9.17) is 0 Å². The first-order chi connectivity index (χ1) is 11.6. The molecule has 1 aliphatic carbocycles. The highest BCUT2D eigenvalue weighted by molar-refractivity contribution is 5.85. The van der Waals surface area contributed by atoms with E-state index in [1.807, 2.05) is 12.1 Å². The lowest BCUT2D eigenvalue weighted by Crippen LogP contribution is -2.39. The van der Waals surface area contributed by atoms with Crippen LogP contribution in [-0.2, 0) is 5.41 Å². The van der Waals surface area contributed by atoms with Crippen LogP contribution >= 0.6 is 0 Å². The van der Waals surface area contributed by atoms with Gasteiger partial charge in [0.1, 0.15) is 0 Å². The Morgan fingerprint density at radius 3 is 2.83 bits per heavy atom. The molecule has 3 unspecified atom stereocenters. The highest BCUT2D eigenvalue weighted by Crippen LogP contribution is 2.53. The van der Waals surface area contributed by atoms with Gasteiger partial charge in [0.15, 0.2) is 0 Å². The summed E-state index contributed by atoms with van der Waals surface area (Å²) in [6, 6.07) is 15.5. The van der Waals surface area contributed by atoms with Crippen molar-refractivity contribution in [1.29, 1.82) is 0 Å². The van der Waals surface area contributed by atoms with Crippen LogP contribution in [0.15, 0.2) is 53.5 Å². The molecular formula is C20H20N2O2. The highest BCUT2D eigenvalue weighted by atomic mass is 16.6. The van der Waals surface area contributed by atoms with Gasteiger partial charge in [-0.05, 0) is 48.3 Å². The predicted molar refractivity (Wildman–Crippen MR) is 95.1 cm³/mol. The maximum atomic E-state index is 11.1. The fraction of sp³-hybridized carbons (Fsp3) is 0.350. The van der Waals surface area contributed by atoms with Crippen molar-refractivity contribution in [3.63, 3.8) is 0 Å². The zero-order valence-electron chi connectivity index (χ0n) is 13.7. The summed E-state index contributed by atoms with van der Waals surface area (Å²) in [5.74, 6) is 0.860. The average molecular weight is 320 g/mol. The van der Waals surface area contributed by atoms with Crippen molar-refractivity contribution in [2.75, 3.05) is 0 Å². The lowest BCUT2D eigenvalue weighted by molar-refractivity contribution is -0.384. The maximum Gasteiger partial charge on any atom is 0.269 e. The van der Waals surface area contributed by atoms with Gasteiger partial charge in [0.25, 0.3) is 5.69 Å². The fourth-order valence-corrected chi connectivity index (χ4v) is 4.39. The second kappa shape index (κ2) is 5.55. The molecule has 0 amide bonds. The van der Waals surface area contributed by atoms with E-state index in [2.05, 4.69) is 36.3 Å². The molecule has 1 spiro atoms. The van der Waals surface area contributed by atoms with Gasteiger partial charge in [-0.15, -0.1) is 0 Å². The second-order valence-electron chi connectivity index (χ2n) is 7.05. The van der Waals surface area contributed by atoms with Gasteiger partial charge in [-0.2, -0.15) is 0 Å². The fourth-order valence-electron chi connectivity index (χ4n) is 4.39. The Balaban J connectivity index is 1.71. The van der Waals surface area contributed by atoms with E-state index in [0.717, 1.165) is 30.5 Å². The largest absolute Gasteiger partial charge is 0.269 e. The summed E-state index contributed by atoms with van der Waals surface area (Å²) in [5, 5.41) is 11.1. The number of benzene rings is 2. The van der Waals surface area contributed by atoms with Crippen LogP contribution in [0, 0.1) is 16.0 Å². The van der Waals surface area contributed by atoms with Crippen molar-refractivity contribution in [3.05, 3.63) is 69.8 Å². The Bertz CT molecular complexity index is 830. The maximum absolute atomic E-state index is 11.1. The molecule has 0 bridgehead atoms. The van der Waals surface area contributed by atoms with Gasteiger partial charge in [0.05, 0.1) is 10.6 Å². The molecule has 122 valence electrons. The number of nitrogens with zero attached hydrogens (tertiary/aromatic N) is 2. The zero-order chi connectivity index (χ0) is 16.7. The number of rotatable bonds is 2. The third-order valence-electron chi connectivity index (χ3n) is 5.80. The van der Waals surface area contributed by atoms with Crippen molar-refractivity contribution in [2.45, 2.75) is 37.5 Å². The minimum atomic E-state index is -0.308. The van der Waals surface area contributed by atoms with Crippen LogP contribution in [-0.4, -0.2) is 11.1 Å². The summed E-state index contributed by atoms with van der Waals surface area (Å²) < 4.78 is 0. The van der Waals surface area contributed by atoms with Gasteiger partial charge < -0.3 is 0 Å². The number of aliphatic imine (C=N–C) groups is 1. The molecule has 4 heteroatoms. The van der Waals surface area contributed by atoms with Crippen molar-refractivity contribution < 1.29 is 4.92 Å². The van der Waals surface area contributed by atoms with E-state index in [9.17, 15) is 10.1 Å². The molecule has 2 aromatic carbocycles. The van der Waals surface area contributed by atoms with Crippen LogP contribution in [0.2, 0.25) is 0 Å². The summed E-state index contributed by atoms with van der Waals surface area (Å²) in [6.07, 6.45) is 5.27. The molecule has 1 heterocycles. The number of para-hydroxylation sites is 1. The molecule has 0 aromatic heterocycles. The number of hydrogen-bond acceptors (Lipinski definition) is 3. The Labute approximate surface area is 141 Å². The minimum Gasteiger partial charge on any atom is -0.260 e. The molecule has 3 atom stereocenters. The molecule has 1 fully saturated rings. The first-order valence-corrected chi connectivity index (χ1v) is 8.49. The summed E-state index contributed by atoms with van der Waals surface area (Å²) in [5.41, 5.74) is 3.61. The lowest BCUT2D eigenvalue weighted by Gasteiger charge is -2.42. The summed E-state index contributed by atoms with van der Waals surface area (Å²) in [7, 11) is 0. The lowest BCUT2D eigenvalue weighted by atomic mass is 9.60. The molecule has 0 radical (unpaired) electrons. The normalized spacial score (nSPS) is 28.0. The number of nitro groups is 1. The van der Waals surface area contributed by atoms with Crippen LogP contribution in [0.1, 0.15) is 43.2 Å². The highest BCUT2D eigenvalue weighted by Gasteiger charge is 2.45. The minimum absolute atomic E-state index is 0.0376. The quantitative estimate of drug-likeness (QED) is 0.567. The van der Waals surface area contributed by atoms with Gasteiger partial charge in [-0.3, -0.25) is 15.1 Å². The standard InChI is InChI=1S/C20H20N2O2/c1-14-9-10-16(15-5-4-6-17(11-15)22(23)24)12-20(14)13-21-19-8-3-2-7-18(19)20/h2-8,11,13-14,16H,9-10,12H2,1H3. The van der Waals surface area contributed by atoms with Crippen LogP contribution in [0.5, 0.6) is 0 Å². The topological polar surface area (TPSA) is 55.5 Å². The van der Waals surface area contributed by atoms with E-state index in [1.165, 1.54) is 5.56 Å². The smallest absolute Gasteiger partial charge is 0.260 e. The molecular weight excluding hydrogens is 300 g/mol. The Hall–Kier alpha value is -2.49. The van der Waals surface area contributed by atoms with Crippen molar-refractivity contribution in [2.24, 2.45) is 10.9 Å². The van der Waals surface area contributed by atoms with Gasteiger partial charge in [-0.1, -0.05) is 37.3 Å². The molecule has 0 saturated heterocycles. The Morgan fingerprint density at radius 2 is 2.00 bits per heavy atom. The first kappa shape index (κ1) is 15.1. The summed E-state index contributed by atoms with van der Waals surface area (Å²) in [4.78, 5) is 15.4. The molecule has 1 saturated carbocycles. The summed E-state index contributed by atoms with van der Waals surface area (Å²) in [6.45, 7) is 2.30. The van der Waals surface area contributed by atoms with E-state index in [0.29, 0.717) is 11.8 Å². The van der Waals surface area contributed by atoms with Crippen molar-refractivity contribution in [3.8, 4) is 0 Å². The van der Waals surface area contributed by atoms with E-state index < -0.39 is 0 Å². The number of non-ortho nitro benzene ring substituents is 1. The molecule has 2 aliphatic rings. The predicted octanol–water partition coefficient (Wildman–Crippen LogP) is 5.15. The third kappa shape index (κ3) is 2.25.